The molecule has 1 amide bonds. The maximum Gasteiger partial charge on any atom is 0.404 e. The van der Waals surface area contributed by atoms with Gasteiger partial charge in [-0.05, 0) is 23.3 Å². The van der Waals surface area contributed by atoms with Gasteiger partial charge in [0, 0.05) is 11.0 Å². The van der Waals surface area contributed by atoms with Crippen molar-refractivity contribution < 1.29 is 9.53 Å². The van der Waals surface area contributed by atoms with Crippen LogP contribution < -0.4 is 11.5 Å². The molecule has 0 heterocycles. The summed E-state index contributed by atoms with van der Waals surface area (Å²) in [6.07, 6.45) is -0.784. The fourth-order valence-corrected chi connectivity index (χ4v) is 1.49. The Morgan fingerprint density at radius 1 is 1.43 bits per heavy atom. The van der Waals surface area contributed by atoms with Crippen LogP contribution in [0, 0.1) is 0 Å². The molecule has 4 N–H and O–H groups in total. The fourth-order valence-electron chi connectivity index (χ4n) is 1.08. The Hall–Kier alpha value is -1.07. The summed E-state index contributed by atoms with van der Waals surface area (Å²) < 4.78 is 5.60. The minimum absolute atomic E-state index is 0.154. The quantitative estimate of drug-likeness (QED) is 0.863. The van der Waals surface area contributed by atoms with Gasteiger partial charge < -0.3 is 16.2 Å². The van der Waals surface area contributed by atoms with E-state index in [1.807, 2.05) is 18.2 Å². The van der Waals surface area contributed by atoms with E-state index in [-0.39, 0.29) is 6.61 Å². The zero-order valence-corrected chi connectivity index (χ0v) is 9.08. The van der Waals surface area contributed by atoms with Crippen LogP contribution in [0.15, 0.2) is 22.7 Å². The molecular weight excluding hydrogens is 248 g/mol. The molecule has 1 aromatic rings. The van der Waals surface area contributed by atoms with Crippen molar-refractivity contribution in [2.75, 3.05) is 0 Å². The van der Waals surface area contributed by atoms with E-state index < -0.39 is 6.09 Å². The molecule has 5 heteroatoms. The molecule has 0 spiro atoms. The first-order valence-corrected chi connectivity index (χ1v) is 4.82. The summed E-state index contributed by atoms with van der Waals surface area (Å²) in [5, 5.41) is 0. The van der Waals surface area contributed by atoms with Crippen molar-refractivity contribution in [2.24, 2.45) is 11.5 Å². The van der Waals surface area contributed by atoms with E-state index >= 15 is 0 Å². The second kappa shape index (κ2) is 4.97. The van der Waals surface area contributed by atoms with Crippen LogP contribution in [0.2, 0.25) is 0 Å². The van der Waals surface area contributed by atoms with Gasteiger partial charge in [-0.15, -0.1) is 0 Å². The first-order valence-electron chi connectivity index (χ1n) is 4.03. The average Bonchev–Trinajstić information content (AvgIpc) is 2.15. The summed E-state index contributed by atoms with van der Waals surface area (Å²) in [6.45, 7) is 0.562. The highest BCUT2D eigenvalue weighted by atomic mass is 79.9. The molecular formula is C9H11BrN2O2. The third kappa shape index (κ3) is 3.01. The van der Waals surface area contributed by atoms with E-state index in [2.05, 4.69) is 20.7 Å². The van der Waals surface area contributed by atoms with Crippen molar-refractivity contribution in [1.82, 2.24) is 0 Å². The summed E-state index contributed by atoms with van der Waals surface area (Å²) in [5.74, 6) is 0. The van der Waals surface area contributed by atoms with Crippen molar-refractivity contribution in [1.29, 1.82) is 0 Å². The number of ether oxygens (including phenoxy) is 1. The first-order chi connectivity index (χ1) is 6.63. The van der Waals surface area contributed by atoms with Crippen molar-refractivity contribution >= 4 is 22.0 Å². The Kier molecular flexibility index (Phi) is 3.91. The lowest BCUT2D eigenvalue weighted by Gasteiger charge is -2.07. The van der Waals surface area contributed by atoms with Crippen molar-refractivity contribution in [3.63, 3.8) is 0 Å². The summed E-state index contributed by atoms with van der Waals surface area (Å²) >= 11 is 3.32. The average molecular weight is 259 g/mol. The number of carbonyl (C=O) groups excluding carboxylic acids is 1. The molecule has 14 heavy (non-hydrogen) atoms. The largest absolute Gasteiger partial charge is 0.445 e. The molecule has 0 unspecified atom stereocenters. The lowest BCUT2D eigenvalue weighted by Crippen LogP contribution is -2.14. The molecule has 0 saturated heterocycles. The summed E-state index contributed by atoms with van der Waals surface area (Å²) in [6, 6.07) is 5.62. The topological polar surface area (TPSA) is 78.3 Å². The maximum atomic E-state index is 10.4. The van der Waals surface area contributed by atoms with Gasteiger partial charge in [0.1, 0.15) is 6.61 Å². The summed E-state index contributed by atoms with van der Waals surface area (Å²) in [5.41, 5.74) is 12.2. The van der Waals surface area contributed by atoms with Gasteiger partial charge >= 0.3 is 6.09 Å². The van der Waals surface area contributed by atoms with E-state index in [9.17, 15) is 4.79 Å². The molecule has 0 aromatic heterocycles. The van der Waals surface area contributed by atoms with Crippen molar-refractivity contribution in [3.05, 3.63) is 33.8 Å². The SMILES string of the molecule is NCc1ccc(Br)cc1COC(N)=O. The number of rotatable bonds is 3. The van der Waals surface area contributed by atoms with Crippen LogP contribution in [0.25, 0.3) is 0 Å². The number of benzene rings is 1. The summed E-state index contributed by atoms with van der Waals surface area (Å²) in [4.78, 5) is 10.4. The van der Waals surface area contributed by atoms with Crippen LogP contribution >= 0.6 is 15.9 Å². The predicted molar refractivity (Wildman–Crippen MR) is 56.4 cm³/mol. The van der Waals surface area contributed by atoms with E-state index in [0.717, 1.165) is 15.6 Å². The highest BCUT2D eigenvalue weighted by Gasteiger charge is 2.03. The minimum Gasteiger partial charge on any atom is -0.445 e. The summed E-state index contributed by atoms with van der Waals surface area (Å²) in [7, 11) is 0. The van der Waals surface area contributed by atoms with Gasteiger partial charge in [-0.1, -0.05) is 22.0 Å². The third-order valence-corrected chi connectivity index (χ3v) is 2.25. The lowest BCUT2D eigenvalue weighted by molar-refractivity contribution is 0.150. The molecule has 0 saturated carbocycles. The van der Waals surface area contributed by atoms with Crippen molar-refractivity contribution in [2.45, 2.75) is 13.2 Å². The predicted octanol–water partition coefficient (Wildman–Crippen LogP) is 1.50. The van der Waals surface area contributed by atoms with E-state index in [0.29, 0.717) is 6.54 Å². The normalized spacial score (nSPS) is 9.86. The molecule has 0 aliphatic heterocycles. The fraction of sp³-hybridized carbons (Fsp3) is 0.222. The monoisotopic (exact) mass is 258 g/mol. The number of amides is 1. The molecule has 0 aliphatic rings. The van der Waals surface area contributed by atoms with Gasteiger partial charge in [0.15, 0.2) is 0 Å². The Morgan fingerprint density at radius 2 is 2.14 bits per heavy atom. The van der Waals surface area contributed by atoms with Gasteiger partial charge in [-0.25, -0.2) is 4.79 Å². The van der Waals surface area contributed by atoms with Gasteiger partial charge in [-0.3, -0.25) is 0 Å². The second-order valence-corrected chi connectivity index (χ2v) is 3.64. The van der Waals surface area contributed by atoms with Crippen LogP contribution in [0.5, 0.6) is 0 Å². The zero-order valence-electron chi connectivity index (χ0n) is 7.50. The number of halogens is 1. The van der Waals surface area contributed by atoms with Crippen LogP contribution in [0.4, 0.5) is 4.79 Å². The van der Waals surface area contributed by atoms with E-state index in [1.54, 1.807) is 0 Å². The Balaban J connectivity index is 2.82. The van der Waals surface area contributed by atoms with Crippen LogP contribution in [0.3, 0.4) is 0 Å². The molecule has 0 aliphatic carbocycles. The molecule has 0 radical (unpaired) electrons. The third-order valence-electron chi connectivity index (χ3n) is 1.76. The Labute approximate surface area is 90.3 Å². The Morgan fingerprint density at radius 3 is 2.71 bits per heavy atom. The number of carbonyl (C=O) groups is 1. The molecule has 0 bridgehead atoms. The molecule has 0 fully saturated rings. The number of hydrogen-bond acceptors (Lipinski definition) is 3. The smallest absolute Gasteiger partial charge is 0.404 e. The number of primary amides is 1. The van der Waals surface area contributed by atoms with Gasteiger partial charge in [0.2, 0.25) is 0 Å². The molecule has 4 nitrogen and oxygen atoms in total. The van der Waals surface area contributed by atoms with Crippen molar-refractivity contribution in [3.8, 4) is 0 Å². The van der Waals surface area contributed by atoms with Crippen LogP contribution in [0.1, 0.15) is 11.1 Å². The van der Waals surface area contributed by atoms with E-state index in [4.69, 9.17) is 11.5 Å². The molecule has 1 rings (SSSR count). The molecule has 76 valence electrons. The minimum atomic E-state index is -0.784. The number of hydrogen-bond donors (Lipinski definition) is 2. The molecule has 1 aromatic carbocycles. The highest BCUT2D eigenvalue weighted by molar-refractivity contribution is 9.10. The zero-order chi connectivity index (χ0) is 10.6. The van der Waals surface area contributed by atoms with Gasteiger partial charge in [0.25, 0.3) is 0 Å². The second-order valence-electron chi connectivity index (χ2n) is 2.72. The van der Waals surface area contributed by atoms with Gasteiger partial charge in [-0.2, -0.15) is 0 Å². The first kappa shape index (κ1) is 11.0. The van der Waals surface area contributed by atoms with Crippen LogP contribution in [-0.4, -0.2) is 6.09 Å². The number of nitrogens with two attached hydrogens (primary N) is 2. The highest BCUT2D eigenvalue weighted by Crippen LogP contribution is 2.17. The Bertz CT molecular complexity index is 342. The van der Waals surface area contributed by atoms with Crippen LogP contribution in [-0.2, 0) is 17.9 Å². The maximum absolute atomic E-state index is 10.4. The molecule has 0 atom stereocenters. The van der Waals surface area contributed by atoms with E-state index in [1.165, 1.54) is 0 Å². The lowest BCUT2D eigenvalue weighted by atomic mass is 10.1. The standard InChI is InChI=1S/C9H11BrN2O2/c10-8-2-1-6(4-11)7(3-8)5-14-9(12)13/h1-3H,4-5,11H2,(H2,12,13). The van der Waals surface area contributed by atoms with Gasteiger partial charge in [0.05, 0.1) is 0 Å².